The highest BCUT2D eigenvalue weighted by atomic mass is 79.9. The zero-order valence-corrected chi connectivity index (χ0v) is 11.9. The normalized spacial score (nSPS) is 10.9. The van der Waals surface area contributed by atoms with E-state index in [-0.39, 0.29) is 0 Å². The van der Waals surface area contributed by atoms with Crippen molar-refractivity contribution in [3.63, 3.8) is 0 Å². The van der Waals surface area contributed by atoms with Crippen molar-refractivity contribution in [3.05, 3.63) is 58.6 Å². The van der Waals surface area contributed by atoms with E-state index in [4.69, 9.17) is 0 Å². The zero-order valence-electron chi connectivity index (χ0n) is 10.3. The van der Waals surface area contributed by atoms with E-state index in [9.17, 15) is 8.78 Å². The number of nitrogens with zero attached hydrogens (tertiary/aromatic N) is 2. The Balaban J connectivity index is 1.91. The molecule has 0 amide bonds. The molecular weight excluding hydrogens is 328 g/mol. The molecule has 0 aliphatic carbocycles. The van der Waals surface area contributed by atoms with Gasteiger partial charge in [0.05, 0.1) is 0 Å². The van der Waals surface area contributed by atoms with Crippen LogP contribution in [0.3, 0.4) is 0 Å². The molecular formula is C14H10BrF2N3. The van der Waals surface area contributed by atoms with Crippen LogP contribution < -0.4 is 0 Å². The van der Waals surface area contributed by atoms with Gasteiger partial charge in [-0.05, 0) is 39.2 Å². The van der Waals surface area contributed by atoms with Gasteiger partial charge in [0.2, 0.25) is 0 Å². The van der Waals surface area contributed by atoms with Gasteiger partial charge in [-0.1, -0.05) is 0 Å². The van der Waals surface area contributed by atoms with E-state index in [1.807, 2.05) is 16.8 Å². The van der Waals surface area contributed by atoms with Gasteiger partial charge in [-0.2, -0.15) is 8.78 Å². The Labute approximate surface area is 122 Å². The highest BCUT2D eigenvalue weighted by Crippen LogP contribution is 2.21. The van der Waals surface area contributed by atoms with E-state index in [0.717, 1.165) is 27.1 Å². The molecule has 0 saturated carbocycles. The number of halogens is 3. The molecule has 1 N–H and O–H groups in total. The number of nitrogens with one attached hydrogen (secondary N) is 1. The number of H-pyrrole nitrogens is 1. The Kier molecular flexibility index (Phi) is 3.40. The van der Waals surface area contributed by atoms with Crippen molar-refractivity contribution >= 4 is 33.0 Å². The first kappa shape index (κ1) is 13.1. The fourth-order valence-electron chi connectivity index (χ4n) is 2.13. The van der Waals surface area contributed by atoms with Crippen molar-refractivity contribution in [1.29, 1.82) is 0 Å². The lowest BCUT2D eigenvalue weighted by molar-refractivity contribution is 0.429. The predicted octanol–water partition coefficient (Wildman–Crippen LogP) is 4.41. The van der Waals surface area contributed by atoms with Crippen LogP contribution in [0.5, 0.6) is 0 Å². The van der Waals surface area contributed by atoms with Crippen LogP contribution in [0.1, 0.15) is 11.1 Å². The standard InChI is InChI=1S/C14H10BrF2N3/c15-11-4-12-10(5-18-14(12)19-6-11)8-20-2-1-9(7-20)3-13(16)17/h1-7H,8H2,(H,18,19). The molecule has 0 fully saturated rings. The van der Waals surface area contributed by atoms with E-state index < -0.39 is 6.08 Å². The minimum Gasteiger partial charge on any atom is -0.349 e. The van der Waals surface area contributed by atoms with E-state index in [1.165, 1.54) is 0 Å². The van der Waals surface area contributed by atoms with Crippen LogP contribution in [0, 0.1) is 0 Å². The maximum atomic E-state index is 12.2. The first-order valence-corrected chi connectivity index (χ1v) is 6.71. The molecule has 3 aromatic heterocycles. The third-order valence-corrected chi connectivity index (χ3v) is 3.42. The quantitative estimate of drug-likeness (QED) is 0.754. The van der Waals surface area contributed by atoms with Crippen molar-refractivity contribution in [2.45, 2.75) is 6.54 Å². The Hall–Kier alpha value is -1.95. The summed E-state index contributed by atoms with van der Waals surface area (Å²) in [6.45, 7) is 0.597. The summed E-state index contributed by atoms with van der Waals surface area (Å²) >= 11 is 3.39. The van der Waals surface area contributed by atoms with E-state index in [1.54, 1.807) is 24.7 Å². The Bertz CT molecular complexity index is 785. The summed E-state index contributed by atoms with van der Waals surface area (Å²) in [5.41, 5.74) is 2.36. The second kappa shape index (κ2) is 5.20. The predicted molar refractivity (Wildman–Crippen MR) is 77.5 cm³/mol. The molecule has 3 aromatic rings. The topological polar surface area (TPSA) is 33.6 Å². The molecule has 6 heteroatoms. The maximum absolute atomic E-state index is 12.2. The van der Waals surface area contributed by atoms with E-state index in [0.29, 0.717) is 12.1 Å². The molecule has 0 aliphatic heterocycles. The molecule has 0 saturated heterocycles. The van der Waals surface area contributed by atoms with Crippen molar-refractivity contribution < 1.29 is 8.78 Å². The van der Waals surface area contributed by atoms with Gasteiger partial charge in [-0.3, -0.25) is 0 Å². The van der Waals surface area contributed by atoms with Crippen LogP contribution in [-0.4, -0.2) is 14.5 Å². The smallest absolute Gasteiger partial charge is 0.270 e. The zero-order chi connectivity index (χ0) is 14.1. The van der Waals surface area contributed by atoms with E-state index in [2.05, 4.69) is 25.9 Å². The van der Waals surface area contributed by atoms with Crippen LogP contribution in [0.2, 0.25) is 0 Å². The number of fused-ring (bicyclic) bond motifs is 1. The van der Waals surface area contributed by atoms with Gasteiger partial charge in [0.25, 0.3) is 6.08 Å². The summed E-state index contributed by atoms with van der Waals surface area (Å²) < 4.78 is 27.1. The van der Waals surface area contributed by atoms with E-state index >= 15 is 0 Å². The summed E-state index contributed by atoms with van der Waals surface area (Å²) in [7, 11) is 0. The van der Waals surface area contributed by atoms with Crippen molar-refractivity contribution in [2.24, 2.45) is 0 Å². The second-order valence-electron chi connectivity index (χ2n) is 4.41. The van der Waals surface area contributed by atoms with Gasteiger partial charge in [0.1, 0.15) is 5.65 Å². The molecule has 3 heterocycles. The SMILES string of the molecule is FC(F)=Cc1ccn(Cc2c[nH]c3ncc(Br)cc23)c1. The molecule has 3 nitrogen and oxygen atoms in total. The number of hydrogen-bond acceptors (Lipinski definition) is 1. The average Bonchev–Trinajstić information content (AvgIpc) is 2.97. The molecule has 0 bridgehead atoms. The third-order valence-electron chi connectivity index (χ3n) is 2.99. The summed E-state index contributed by atoms with van der Waals surface area (Å²) in [5.74, 6) is 0. The summed E-state index contributed by atoms with van der Waals surface area (Å²) in [4.78, 5) is 7.36. The highest BCUT2D eigenvalue weighted by Gasteiger charge is 2.06. The average molecular weight is 338 g/mol. The Morgan fingerprint density at radius 2 is 2.30 bits per heavy atom. The Morgan fingerprint density at radius 1 is 1.45 bits per heavy atom. The van der Waals surface area contributed by atoms with Gasteiger partial charge in [0, 0.05) is 47.3 Å². The van der Waals surface area contributed by atoms with Gasteiger partial charge < -0.3 is 9.55 Å². The molecule has 0 atom stereocenters. The number of aromatic amines is 1. The maximum Gasteiger partial charge on any atom is 0.270 e. The molecule has 0 radical (unpaired) electrons. The molecule has 3 rings (SSSR count). The lowest BCUT2D eigenvalue weighted by Crippen LogP contribution is -1.95. The van der Waals surface area contributed by atoms with Gasteiger partial charge in [-0.15, -0.1) is 0 Å². The molecule has 0 aliphatic rings. The van der Waals surface area contributed by atoms with Crippen LogP contribution in [0.25, 0.3) is 17.1 Å². The fourth-order valence-corrected chi connectivity index (χ4v) is 2.46. The number of aromatic nitrogens is 3. The molecule has 0 unspecified atom stereocenters. The molecule has 20 heavy (non-hydrogen) atoms. The third kappa shape index (κ3) is 2.65. The van der Waals surface area contributed by atoms with Crippen molar-refractivity contribution in [1.82, 2.24) is 14.5 Å². The van der Waals surface area contributed by atoms with Crippen molar-refractivity contribution in [2.75, 3.05) is 0 Å². The van der Waals surface area contributed by atoms with Gasteiger partial charge in [-0.25, -0.2) is 4.98 Å². The van der Waals surface area contributed by atoms with Gasteiger partial charge in [0.15, 0.2) is 0 Å². The Morgan fingerprint density at radius 3 is 3.10 bits per heavy atom. The minimum absolute atomic E-state index is 0.490. The summed E-state index contributed by atoms with van der Waals surface area (Å²) in [5, 5.41) is 1.02. The van der Waals surface area contributed by atoms with Crippen LogP contribution in [-0.2, 0) is 6.54 Å². The highest BCUT2D eigenvalue weighted by molar-refractivity contribution is 9.10. The largest absolute Gasteiger partial charge is 0.349 e. The van der Waals surface area contributed by atoms with Crippen molar-refractivity contribution in [3.8, 4) is 0 Å². The fraction of sp³-hybridized carbons (Fsp3) is 0.0714. The van der Waals surface area contributed by atoms with Crippen LogP contribution in [0.15, 0.2) is 47.5 Å². The van der Waals surface area contributed by atoms with Gasteiger partial charge >= 0.3 is 0 Å². The summed E-state index contributed by atoms with van der Waals surface area (Å²) in [6.07, 6.45) is 6.23. The molecule has 0 aromatic carbocycles. The molecule has 0 spiro atoms. The lowest BCUT2D eigenvalue weighted by atomic mass is 10.2. The lowest BCUT2D eigenvalue weighted by Gasteiger charge is -2.01. The number of rotatable bonds is 3. The van der Waals surface area contributed by atoms with Crippen LogP contribution >= 0.6 is 15.9 Å². The minimum atomic E-state index is -1.69. The first-order valence-electron chi connectivity index (χ1n) is 5.92. The number of hydrogen-bond donors (Lipinski definition) is 1. The summed E-state index contributed by atoms with van der Waals surface area (Å²) in [6, 6.07) is 3.64. The first-order chi connectivity index (χ1) is 9.61. The van der Waals surface area contributed by atoms with Crippen LogP contribution in [0.4, 0.5) is 8.78 Å². The second-order valence-corrected chi connectivity index (χ2v) is 5.33. The molecule has 102 valence electrons. The monoisotopic (exact) mass is 337 g/mol. The number of pyridine rings is 1.